The van der Waals surface area contributed by atoms with Crippen LogP contribution >= 0.6 is 0 Å². The van der Waals surface area contributed by atoms with Crippen molar-refractivity contribution in [2.75, 3.05) is 6.54 Å². The van der Waals surface area contributed by atoms with E-state index in [-0.39, 0.29) is 0 Å². The lowest BCUT2D eigenvalue weighted by Crippen LogP contribution is -2.29. The second-order valence-electron chi connectivity index (χ2n) is 4.44. The van der Waals surface area contributed by atoms with Crippen LogP contribution in [0.2, 0.25) is 0 Å². The standard InChI is InChI=1S/C13H26N4/c1-4-10-14-12(5-2)8-7-9-13-15-11-16-17(13)6-3/h11-12,14H,4-10H2,1-3H3. The van der Waals surface area contributed by atoms with Gasteiger partial charge in [0.1, 0.15) is 12.2 Å². The quantitative estimate of drug-likeness (QED) is 0.718. The number of hydrogen-bond acceptors (Lipinski definition) is 3. The number of nitrogens with one attached hydrogen (secondary N) is 1. The molecule has 1 aromatic heterocycles. The highest BCUT2D eigenvalue weighted by atomic mass is 15.3. The molecular formula is C13H26N4. The van der Waals surface area contributed by atoms with Crippen LogP contribution in [0.15, 0.2) is 6.33 Å². The topological polar surface area (TPSA) is 42.7 Å². The van der Waals surface area contributed by atoms with Crippen molar-refractivity contribution in [3.8, 4) is 0 Å². The Kier molecular flexibility index (Phi) is 6.86. The predicted molar refractivity (Wildman–Crippen MR) is 71.0 cm³/mol. The molecular weight excluding hydrogens is 212 g/mol. The van der Waals surface area contributed by atoms with Gasteiger partial charge in [-0.1, -0.05) is 13.8 Å². The van der Waals surface area contributed by atoms with E-state index in [9.17, 15) is 0 Å². The predicted octanol–water partition coefficient (Wildman–Crippen LogP) is 2.40. The summed E-state index contributed by atoms with van der Waals surface area (Å²) in [7, 11) is 0. The zero-order valence-electron chi connectivity index (χ0n) is 11.4. The fourth-order valence-corrected chi connectivity index (χ4v) is 2.05. The minimum Gasteiger partial charge on any atom is -0.314 e. The summed E-state index contributed by atoms with van der Waals surface area (Å²) in [5, 5.41) is 7.78. The van der Waals surface area contributed by atoms with Gasteiger partial charge in [0.2, 0.25) is 0 Å². The van der Waals surface area contributed by atoms with Gasteiger partial charge in [0.25, 0.3) is 0 Å². The lowest BCUT2D eigenvalue weighted by atomic mass is 10.1. The molecule has 0 spiro atoms. The molecule has 98 valence electrons. The summed E-state index contributed by atoms with van der Waals surface area (Å²) in [6, 6.07) is 0.660. The van der Waals surface area contributed by atoms with Crippen LogP contribution in [0.3, 0.4) is 0 Å². The molecule has 0 aromatic carbocycles. The van der Waals surface area contributed by atoms with Gasteiger partial charge in [-0.05, 0) is 39.2 Å². The van der Waals surface area contributed by atoms with E-state index < -0.39 is 0 Å². The molecule has 0 aliphatic rings. The molecule has 1 atom stereocenters. The minimum atomic E-state index is 0.660. The summed E-state index contributed by atoms with van der Waals surface area (Å²) < 4.78 is 1.99. The average Bonchev–Trinajstić information content (AvgIpc) is 2.81. The molecule has 0 radical (unpaired) electrons. The first kappa shape index (κ1) is 14.2. The van der Waals surface area contributed by atoms with Crippen LogP contribution in [0.1, 0.15) is 52.3 Å². The molecule has 0 saturated heterocycles. The van der Waals surface area contributed by atoms with E-state index in [0.29, 0.717) is 6.04 Å². The fraction of sp³-hybridized carbons (Fsp3) is 0.846. The van der Waals surface area contributed by atoms with Gasteiger partial charge in [-0.15, -0.1) is 0 Å². The molecule has 17 heavy (non-hydrogen) atoms. The van der Waals surface area contributed by atoms with Gasteiger partial charge in [0.15, 0.2) is 0 Å². The normalized spacial score (nSPS) is 12.9. The summed E-state index contributed by atoms with van der Waals surface area (Å²) in [5.41, 5.74) is 0. The highest BCUT2D eigenvalue weighted by Gasteiger charge is 2.07. The summed E-state index contributed by atoms with van der Waals surface area (Å²) >= 11 is 0. The van der Waals surface area contributed by atoms with Crippen LogP contribution in [-0.4, -0.2) is 27.4 Å². The van der Waals surface area contributed by atoms with Crippen LogP contribution in [0.25, 0.3) is 0 Å². The molecule has 4 nitrogen and oxygen atoms in total. The van der Waals surface area contributed by atoms with Gasteiger partial charge < -0.3 is 5.32 Å². The molecule has 1 heterocycles. The van der Waals surface area contributed by atoms with Crippen LogP contribution in [-0.2, 0) is 13.0 Å². The molecule has 4 heteroatoms. The van der Waals surface area contributed by atoms with Gasteiger partial charge >= 0.3 is 0 Å². The summed E-state index contributed by atoms with van der Waals surface area (Å²) in [6.07, 6.45) is 7.53. The van der Waals surface area contributed by atoms with Crippen molar-refractivity contribution in [3.63, 3.8) is 0 Å². The lowest BCUT2D eigenvalue weighted by molar-refractivity contribution is 0.450. The Morgan fingerprint density at radius 1 is 1.35 bits per heavy atom. The molecule has 1 rings (SSSR count). The first-order valence-electron chi connectivity index (χ1n) is 6.91. The van der Waals surface area contributed by atoms with Crippen molar-refractivity contribution >= 4 is 0 Å². The number of aromatic nitrogens is 3. The zero-order chi connectivity index (χ0) is 12.5. The van der Waals surface area contributed by atoms with Gasteiger partial charge in [-0.25, -0.2) is 4.98 Å². The van der Waals surface area contributed by atoms with Crippen LogP contribution in [0.5, 0.6) is 0 Å². The molecule has 1 aromatic rings. The van der Waals surface area contributed by atoms with Crippen molar-refractivity contribution in [1.29, 1.82) is 0 Å². The van der Waals surface area contributed by atoms with Gasteiger partial charge in [0.05, 0.1) is 0 Å². The van der Waals surface area contributed by atoms with Crippen LogP contribution in [0.4, 0.5) is 0 Å². The third-order valence-corrected chi connectivity index (χ3v) is 3.12. The van der Waals surface area contributed by atoms with E-state index in [0.717, 1.165) is 25.3 Å². The first-order chi connectivity index (χ1) is 8.31. The Labute approximate surface area is 105 Å². The Morgan fingerprint density at radius 3 is 2.82 bits per heavy atom. The molecule has 0 aliphatic carbocycles. The fourth-order valence-electron chi connectivity index (χ4n) is 2.05. The second kappa shape index (κ2) is 8.23. The Hall–Kier alpha value is -0.900. The minimum absolute atomic E-state index is 0.660. The molecule has 1 unspecified atom stereocenters. The van der Waals surface area contributed by atoms with Gasteiger partial charge in [0, 0.05) is 19.0 Å². The highest BCUT2D eigenvalue weighted by molar-refractivity contribution is 4.84. The van der Waals surface area contributed by atoms with E-state index in [1.807, 2.05) is 4.68 Å². The Balaban J connectivity index is 2.26. The molecule has 0 saturated carbocycles. The third-order valence-electron chi connectivity index (χ3n) is 3.12. The molecule has 0 aliphatic heterocycles. The smallest absolute Gasteiger partial charge is 0.138 e. The van der Waals surface area contributed by atoms with Crippen molar-refractivity contribution in [1.82, 2.24) is 20.1 Å². The monoisotopic (exact) mass is 238 g/mol. The Morgan fingerprint density at radius 2 is 2.18 bits per heavy atom. The number of aryl methyl sites for hydroxylation is 2. The second-order valence-corrected chi connectivity index (χ2v) is 4.44. The van der Waals surface area contributed by atoms with E-state index in [1.54, 1.807) is 6.33 Å². The van der Waals surface area contributed by atoms with E-state index in [2.05, 4.69) is 36.2 Å². The van der Waals surface area contributed by atoms with Crippen molar-refractivity contribution in [2.24, 2.45) is 0 Å². The Bertz CT molecular complexity index is 295. The summed E-state index contributed by atoms with van der Waals surface area (Å²) in [6.45, 7) is 8.62. The maximum absolute atomic E-state index is 4.30. The van der Waals surface area contributed by atoms with Crippen molar-refractivity contribution in [3.05, 3.63) is 12.2 Å². The van der Waals surface area contributed by atoms with Crippen LogP contribution < -0.4 is 5.32 Å². The third kappa shape index (κ3) is 4.86. The van der Waals surface area contributed by atoms with Crippen molar-refractivity contribution < 1.29 is 0 Å². The molecule has 1 N–H and O–H groups in total. The van der Waals surface area contributed by atoms with Gasteiger partial charge in [-0.2, -0.15) is 5.10 Å². The SMILES string of the molecule is CCCNC(CC)CCCc1ncnn1CC. The molecule has 0 bridgehead atoms. The number of hydrogen-bond donors (Lipinski definition) is 1. The average molecular weight is 238 g/mol. The van der Waals surface area contributed by atoms with Crippen molar-refractivity contribution in [2.45, 2.75) is 65.5 Å². The number of nitrogens with zero attached hydrogens (tertiary/aromatic N) is 3. The highest BCUT2D eigenvalue weighted by Crippen LogP contribution is 2.06. The lowest BCUT2D eigenvalue weighted by Gasteiger charge is -2.16. The largest absolute Gasteiger partial charge is 0.314 e. The summed E-state index contributed by atoms with van der Waals surface area (Å²) in [5.74, 6) is 1.12. The zero-order valence-corrected chi connectivity index (χ0v) is 11.4. The van der Waals surface area contributed by atoms with E-state index in [1.165, 1.54) is 25.7 Å². The first-order valence-corrected chi connectivity index (χ1v) is 6.91. The molecule has 0 fully saturated rings. The van der Waals surface area contributed by atoms with E-state index >= 15 is 0 Å². The summed E-state index contributed by atoms with van der Waals surface area (Å²) in [4.78, 5) is 4.30. The number of rotatable bonds is 9. The van der Waals surface area contributed by atoms with Crippen LogP contribution in [0, 0.1) is 0 Å². The van der Waals surface area contributed by atoms with Gasteiger partial charge in [-0.3, -0.25) is 4.68 Å². The molecule has 0 amide bonds. The maximum Gasteiger partial charge on any atom is 0.138 e. The maximum atomic E-state index is 4.30. The van der Waals surface area contributed by atoms with E-state index in [4.69, 9.17) is 0 Å².